The van der Waals surface area contributed by atoms with E-state index in [2.05, 4.69) is 32.2 Å². The minimum Gasteiger partial charge on any atom is -0.326 e. The van der Waals surface area contributed by atoms with Crippen molar-refractivity contribution < 1.29 is 4.79 Å². The van der Waals surface area contributed by atoms with Gasteiger partial charge in [0, 0.05) is 24.2 Å². The van der Waals surface area contributed by atoms with Crippen molar-refractivity contribution >= 4 is 11.6 Å². The molecule has 5 heteroatoms. The summed E-state index contributed by atoms with van der Waals surface area (Å²) < 4.78 is 2.27. The summed E-state index contributed by atoms with van der Waals surface area (Å²) >= 11 is 0. The third-order valence-corrected chi connectivity index (χ3v) is 8.03. The molecule has 0 radical (unpaired) electrons. The molecule has 4 aliphatic carbocycles. The lowest BCUT2D eigenvalue weighted by Gasteiger charge is -2.55. The van der Waals surface area contributed by atoms with Gasteiger partial charge < -0.3 is 9.88 Å². The highest BCUT2D eigenvalue weighted by Gasteiger charge is 2.54. The first-order chi connectivity index (χ1) is 14.2. The average molecular weight is 391 g/mol. The maximum atomic E-state index is 13.3. The fourth-order valence-corrected chi connectivity index (χ4v) is 7.05. The largest absolute Gasteiger partial charge is 0.326 e. The first kappa shape index (κ1) is 17.7. The van der Waals surface area contributed by atoms with Crippen LogP contribution < -0.4 is 5.32 Å². The second kappa shape index (κ2) is 6.68. The molecule has 1 aromatic carbocycles. The smallest absolute Gasteiger partial charge is 0.230 e. The van der Waals surface area contributed by atoms with Crippen molar-refractivity contribution in [2.24, 2.45) is 23.2 Å². The number of nitrogens with zero attached hydrogens (tertiary/aromatic N) is 3. The molecule has 1 N–H and O–H groups in total. The quantitative estimate of drug-likeness (QED) is 0.817. The highest BCUT2D eigenvalue weighted by molar-refractivity contribution is 5.95. The lowest BCUT2D eigenvalue weighted by atomic mass is 9.49. The minimum absolute atomic E-state index is 0.0995. The van der Waals surface area contributed by atoms with Crippen molar-refractivity contribution in [1.29, 1.82) is 0 Å². The van der Waals surface area contributed by atoms with Crippen molar-refractivity contribution in [3.63, 3.8) is 0 Å². The molecule has 2 aromatic rings. The molecule has 4 fully saturated rings. The predicted molar refractivity (Wildman–Crippen MR) is 112 cm³/mol. The van der Waals surface area contributed by atoms with E-state index in [1.54, 1.807) is 0 Å². The van der Waals surface area contributed by atoms with Crippen LogP contribution in [-0.2, 0) is 17.8 Å². The Balaban J connectivity index is 1.20. The van der Waals surface area contributed by atoms with Crippen LogP contribution in [0.1, 0.15) is 63.6 Å². The van der Waals surface area contributed by atoms with Crippen molar-refractivity contribution in [2.45, 2.75) is 70.8 Å². The number of hydrogen-bond donors (Lipinski definition) is 1. The van der Waals surface area contributed by atoms with Crippen LogP contribution in [0, 0.1) is 23.2 Å². The zero-order valence-electron chi connectivity index (χ0n) is 17.1. The van der Waals surface area contributed by atoms with Gasteiger partial charge in [-0.3, -0.25) is 4.79 Å². The molecule has 5 aliphatic rings. The van der Waals surface area contributed by atoms with Gasteiger partial charge in [0.25, 0.3) is 0 Å². The van der Waals surface area contributed by atoms with Gasteiger partial charge in [0.2, 0.25) is 5.91 Å². The Bertz CT molecular complexity index is 894. The Kier molecular flexibility index (Phi) is 4.07. The molecule has 152 valence electrons. The molecule has 2 heterocycles. The van der Waals surface area contributed by atoms with Gasteiger partial charge in [0.1, 0.15) is 5.82 Å². The third kappa shape index (κ3) is 3.01. The Morgan fingerprint density at radius 1 is 0.931 bits per heavy atom. The summed E-state index contributed by atoms with van der Waals surface area (Å²) in [6.45, 7) is 1.00. The van der Waals surface area contributed by atoms with Crippen LogP contribution >= 0.6 is 0 Å². The van der Waals surface area contributed by atoms with Gasteiger partial charge >= 0.3 is 0 Å². The predicted octanol–water partition coefficient (Wildman–Crippen LogP) is 4.83. The van der Waals surface area contributed by atoms with E-state index >= 15 is 0 Å². The highest BCUT2D eigenvalue weighted by Crippen LogP contribution is 2.60. The fourth-order valence-electron chi connectivity index (χ4n) is 7.05. The molecule has 0 atom stereocenters. The van der Waals surface area contributed by atoms with Gasteiger partial charge in [-0.25, -0.2) is 0 Å². The Hall–Kier alpha value is -2.17. The number of aromatic nitrogens is 3. The maximum absolute atomic E-state index is 13.3. The molecule has 1 aromatic heterocycles. The molecule has 0 spiro atoms. The number of carbonyl (C=O) groups is 1. The summed E-state index contributed by atoms with van der Waals surface area (Å²) in [5.41, 5.74) is 1.89. The number of anilines is 1. The fraction of sp³-hybridized carbons (Fsp3) is 0.625. The van der Waals surface area contributed by atoms with E-state index in [9.17, 15) is 4.79 Å². The second-order valence-corrected chi connectivity index (χ2v) is 10.1. The van der Waals surface area contributed by atoms with Crippen LogP contribution in [0.5, 0.6) is 0 Å². The van der Waals surface area contributed by atoms with E-state index in [1.807, 2.05) is 12.1 Å². The average Bonchev–Trinajstić information content (AvgIpc) is 2.96. The molecule has 1 aliphatic heterocycles. The molecular weight excluding hydrogens is 360 g/mol. The Morgan fingerprint density at radius 2 is 1.62 bits per heavy atom. The van der Waals surface area contributed by atoms with E-state index < -0.39 is 0 Å². The summed E-state index contributed by atoms with van der Waals surface area (Å²) in [5, 5.41) is 12.1. The number of fused-ring (bicyclic) bond motifs is 1. The number of nitrogens with one attached hydrogen (secondary N) is 1. The molecule has 7 rings (SSSR count). The maximum Gasteiger partial charge on any atom is 0.230 e. The number of benzene rings is 1. The summed E-state index contributed by atoms with van der Waals surface area (Å²) in [4.78, 5) is 13.3. The lowest BCUT2D eigenvalue weighted by Crippen LogP contribution is -2.51. The highest BCUT2D eigenvalue weighted by atomic mass is 16.2. The van der Waals surface area contributed by atoms with Crippen molar-refractivity contribution in [3.8, 4) is 11.4 Å². The van der Waals surface area contributed by atoms with Crippen molar-refractivity contribution in [3.05, 3.63) is 30.1 Å². The number of rotatable bonds is 3. The first-order valence-electron chi connectivity index (χ1n) is 11.5. The second-order valence-electron chi connectivity index (χ2n) is 10.1. The van der Waals surface area contributed by atoms with Crippen LogP contribution in [0.4, 0.5) is 5.69 Å². The number of hydrogen-bond acceptors (Lipinski definition) is 3. The number of carbonyl (C=O) groups excluding carboxylic acids is 1. The molecule has 4 bridgehead atoms. The van der Waals surface area contributed by atoms with Crippen LogP contribution in [0.3, 0.4) is 0 Å². The van der Waals surface area contributed by atoms with Crippen molar-refractivity contribution in [1.82, 2.24) is 14.8 Å². The summed E-state index contributed by atoms with van der Waals surface area (Å²) in [5.74, 6) is 4.70. The molecule has 4 saturated carbocycles. The van der Waals surface area contributed by atoms with E-state index in [0.29, 0.717) is 0 Å². The van der Waals surface area contributed by atoms with E-state index in [0.717, 1.165) is 72.9 Å². The minimum atomic E-state index is -0.0995. The van der Waals surface area contributed by atoms with Gasteiger partial charge in [0.05, 0.1) is 5.41 Å². The van der Waals surface area contributed by atoms with Gasteiger partial charge in [-0.05, 0) is 93.4 Å². The van der Waals surface area contributed by atoms with E-state index in [-0.39, 0.29) is 11.3 Å². The zero-order chi connectivity index (χ0) is 19.4. The molecule has 0 saturated heterocycles. The Labute approximate surface area is 172 Å². The van der Waals surface area contributed by atoms with Crippen LogP contribution in [0.15, 0.2) is 24.3 Å². The van der Waals surface area contributed by atoms with Gasteiger partial charge in [-0.1, -0.05) is 6.42 Å². The molecular formula is C24H30N4O. The SMILES string of the molecule is O=C(Nc1ccc(-c2nnc3n2CCCCC3)cc1)C12CC3CC(CC(C3)C1)C2. The van der Waals surface area contributed by atoms with Gasteiger partial charge in [-0.15, -0.1) is 10.2 Å². The lowest BCUT2D eigenvalue weighted by molar-refractivity contribution is -0.140. The van der Waals surface area contributed by atoms with Crippen LogP contribution in [0.25, 0.3) is 11.4 Å². The molecule has 1 amide bonds. The molecule has 29 heavy (non-hydrogen) atoms. The van der Waals surface area contributed by atoms with Gasteiger partial charge in [-0.2, -0.15) is 0 Å². The summed E-state index contributed by atoms with van der Waals surface area (Å²) in [6.07, 6.45) is 12.1. The van der Waals surface area contributed by atoms with Crippen molar-refractivity contribution in [2.75, 3.05) is 5.32 Å². The van der Waals surface area contributed by atoms with Crippen LogP contribution in [0.2, 0.25) is 0 Å². The molecule has 5 nitrogen and oxygen atoms in total. The monoisotopic (exact) mass is 390 g/mol. The zero-order valence-corrected chi connectivity index (χ0v) is 17.1. The molecule has 0 unspecified atom stereocenters. The number of aryl methyl sites for hydroxylation is 1. The van der Waals surface area contributed by atoms with Crippen LogP contribution in [-0.4, -0.2) is 20.7 Å². The Morgan fingerprint density at radius 3 is 2.31 bits per heavy atom. The summed E-state index contributed by atoms with van der Waals surface area (Å²) in [6, 6.07) is 8.23. The van der Waals surface area contributed by atoms with Gasteiger partial charge in [0.15, 0.2) is 5.82 Å². The normalized spacial score (nSPS) is 32.6. The number of amides is 1. The third-order valence-electron chi connectivity index (χ3n) is 8.03. The van der Waals surface area contributed by atoms with E-state index in [1.165, 1.54) is 38.5 Å². The summed E-state index contributed by atoms with van der Waals surface area (Å²) in [7, 11) is 0. The van der Waals surface area contributed by atoms with E-state index in [4.69, 9.17) is 0 Å². The topological polar surface area (TPSA) is 59.8 Å². The first-order valence-corrected chi connectivity index (χ1v) is 11.5. The standard InChI is InChI=1S/C24H30N4O/c29-23(24-13-16-10-17(14-24)12-18(11-16)15-24)25-20-7-5-19(6-8-20)22-27-26-21-4-2-1-3-9-28(21)22/h5-8,16-18H,1-4,9-15H2,(H,25,29).